The van der Waals surface area contributed by atoms with Gasteiger partial charge in [0, 0.05) is 29.3 Å². The Labute approximate surface area is 142 Å². The lowest BCUT2D eigenvalue weighted by Crippen LogP contribution is -2.81. The van der Waals surface area contributed by atoms with Crippen molar-refractivity contribution < 1.29 is 9.84 Å². The number of rotatable bonds is 1. The Morgan fingerprint density at radius 1 is 1.38 bits per heavy atom. The van der Waals surface area contributed by atoms with Crippen molar-refractivity contribution in [2.75, 3.05) is 20.2 Å². The summed E-state index contributed by atoms with van der Waals surface area (Å²) in [5.74, 6) is 1.09. The average Bonchev–Trinajstić information content (AvgIpc) is 2.90. The molecule has 0 radical (unpaired) electrons. The highest BCUT2D eigenvalue weighted by atomic mass is 16.5. The summed E-state index contributed by atoms with van der Waals surface area (Å²) in [6, 6.07) is 9.14. The van der Waals surface area contributed by atoms with Crippen molar-refractivity contribution in [1.82, 2.24) is 4.90 Å². The van der Waals surface area contributed by atoms with Gasteiger partial charge in [0.1, 0.15) is 0 Å². The molecule has 0 amide bonds. The van der Waals surface area contributed by atoms with Gasteiger partial charge in [0.25, 0.3) is 0 Å². The highest BCUT2D eigenvalue weighted by molar-refractivity contribution is 6.07. The third-order valence-corrected chi connectivity index (χ3v) is 8.11. The van der Waals surface area contributed by atoms with E-state index in [-0.39, 0.29) is 23.0 Å². The van der Waals surface area contributed by atoms with Crippen molar-refractivity contribution in [2.45, 2.75) is 43.4 Å². The van der Waals surface area contributed by atoms with E-state index in [4.69, 9.17) is 9.73 Å². The van der Waals surface area contributed by atoms with Gasteiger partial charge in [0.15, 0.2) is 0 Å². The van der Waals surface area contributed by atoms with Crippen LogP contribution < -0.4 is 0 Å². The van der Waals surface area contributed by atoms with Crippen molar-refractivity contribution in [3.63, 3.8) is 0 Å². The molecule has 5 bridgehead atoms. The van der Waals surface area contributed by atoms with Gasteiger partial charge in [-0.2, -0.15) is 0 Å². The molecular weight excluding hydrogens is 300 g/mol. The van der Waals surface area contributed by atoms with E-state index >= 15 is 0 Å². The number of para-hydroxylation sites is 1. The van der Waals surface area contributed by atoms with Crippen molar-refractivity contribution in [3.05, 3.63) is 29.8 Å². The summed E-state index contributed by atoms with van der Waals surface area (Å²) in [7, 11) is 2.23. The first-order valence-corrected chi connectivity index (χ1v) is 9.28. The van der Waals surface area contributed by atoms with Crippen LogP contribution in [0.15, 0.2) is 29.3 Å². The molecule has 2 saturated carbocycles. The summed E-state index contributed by atoms with van der Waals surface area (Å²) < 4.78 is 6.31. The molecule has 4 nitrogen and oxygen atoms in total. The van der Waals surface area contributed by atoms with Crippen LogP contribution >= 0.6 is 0 Å². The van der Waals surface area contributed by atoms with E-state index in [1.807, 2.05) is 6.92 Å². The second-order valence-electron chi connectivity index (χ2n) is 8.65. The minimum Gasteiger partial charge on any atom is -0.393 e. The zero-order valence-corrected chi connectivity index (χ0v) is 14.3. The fraction of sp³-hybridized carbons (Fsp3) is 0.650. The van der Waals surface area contributed by atoms with Gasteiger partial charge >= 0.3 is 0 Å². The van der Waals surface area contributed by atoms with Gasteiger partial charge in [0.2, 0.25) is 0 Å². The molecule has 1 spiro atoms. The Morgan fingerprint density at radius 3 is 3.04 bits per heavy atom. The molecule has 4 aliphatic heterocycles. The third-order valence-electron chi connectivity index (χ3n) is 8.11. The summed E-state index contributed by atoms with van der Waals surface area (Å²) >= 11 is 0. The quantitative estimate of drug-likeness (QED) is 0.861. The molecule has 0 aromatic heterocycles. The molecule has 4 heteroatoms. The molecule has 0 unspecified atom stereocenters. The van der Waals surface area contributed by atoms with E-state index in [1.165, 1.54) is 11.3 Å². The minimum absolute atomic E-state index is 0.126. The molecule has 1 N–H and O–H groups in total. The van der Waals surface area contributed by atoms with Crippen LogP contribution in [0, 0.1) is 17.3 Å². The van der Waals surface area contributed by atoms with Crippen molar-refractivity contribution in [2.24, 2.45) is 22.2 Å². The Morgan fingerprint density at radius 2 is 2.21 bits per heavy atom. The zero-order valence-electron chi connectivity index (χ0n) is 14.3. The van der Waals surface area contributed by atoms with Gasteiger partial charge < -0.3 is 14.7 Å². The van der Waals surface area contributed by atoms with Crippen LogP contribution in [0.25, 0.3) is 0 Å². The lowest BCUT2D eigenvalue weighted by molar-refractivity contribution is -0.238. The molecule has 2 aliphatic carbocycles. The number of hydrogen-bond donors (Lipinski definition) is 1. The summed E-state index contributed by atoms with van der Waals surface area (Å²) in [6.45, 7) is 3.81. The molecule has 3 saturated heterocycles. The fourth-order valence-corrected chi connectivity index (χ4v) is 7.36. The van der Waals surface area contributed by atoms with E-state index in [9.17, 15) is 5.11 Å². The molecule has 4 heterocycles. The van der Waals surface area contributed by atoms with Crippen LogP contribution in [0.1, 0.15) is 25.3 Å². The van der Waals surface area contributed by atoms with Crippen molar-refractivity contribution in [3.8, 4) is 0 Å². The largest absolute Gasteiger partial charge is 0.393 e. The first kappa shape index (κ1) is 14.0. The number of aliphatic hydroxyl groups is 1. The number of nitrogens with zero attached hydrogens (tertiary/aromatic N) is 2. The monoisotopic (exact) mass is 324 g/mol. The highest BCUT2D eigenvalue weighted by Crippen LogP contribution is 2.71. The predicted molar refractivity (Wildman–Crippen MR) is 91.7 cm³/mol. The van der Waals surface area contributed by atoms with E-state index in [2.05, 4.69) is 36.2 Å². The number of hydrogen-bond acceptors (Lipinski definition) is 4. The number of benzene rings is 1. The second-order valence-corrected chi connectivity index (χ2v) is 8.65. The molecular formula is C20H24N2O2. The van der Waals surface area contributed by atoms with E-state index in [0.29, 0.717) is 17.9 Å². The van der Waals surface area contributed by atoms with E-state index in [1.54, 1.807) is 0 Å². The van der Waals surface area contributed by atoms with Gasteiger partial charge in [-0.25, -0.2) is 0 Å². The Bertz CT molecular complexity index is 775. The summed E-state index contributed by atoms with van der Waals surface area (Å²) in [5.41, 5.74) is 3.41. The Balaban J connectivity index is 1.71. The molecule has 7 atom stereocenters. The average molecular weight is 324 g/mol. The van der Waals surface area contributed by atoms with E-state index < -0.39 is 0 Å². The zero-order chi connectivity index (χ0) is 16.3. The SMILES string of the molecule is C[C@@H](O)[C@@]12CN(C)[C@H]3C[C@]14C(=Nc1ccccc14)[C@H]1C[C@@H]2[C@@H]3CO1. The van der Waals surface area contributed by atoms with Crippen LogP contribution in [0.5, 0.6) is 0 Å². The summed E-state index contributed by atoms with van der Waals surface area (Å²) in [6.07, 6.45) is 1.93. The second kappa shape index (κ2) is 4.12. The molecule has 5 fully saturated rings. The molecule has 126 valence electrons. The van der Waals surface area contributed by atoms with Crippen LogP contribution in [0.2, 0.25) is 0 Å². The Hall–Kier alpha value is -1.23. The molecule has 1 aromatic carbocycles. The molecule has 6 aliphatic rings. The minimum atomic E-state index is -0.343. The summed E-state index contributed by atoms with van der Waals surface area (Å²) in [4.78, 5) is 7.59. The number of aliphatic imine (C=N–C) groups is 1. The van der Waals surface area contributed by atoms with Gasteiger partial charge in [-0.05, 0) is 44.4 Å². The van der Waals surface area contributed by atoms with Crippen molar-refractivity contribution in [1.29, 1.82) is 0 Å². The van der Waals surface area contributed by atoms with Gasteiger partial charge in [0.05, 0.1) is 30.2 Å². The third kappa shape index (κ3) is 1.21. The maximum Gasteiger partial charge on any atom is 0.0968 e. The first-order chi connectivity index (χ1) is 11.6. The lowest BCUT2D eigenvalue weighted by atomic mass is 9.36. The van der Waals surface area contributed by atoms with Crippen LogP contribution in [0.3, 0.4) is 0 Å². The maximum absolute atomic E-state index is 11.1. The topological polar surface area (TPSA) is 45.1 Å². The molecule has 24 heavy (non-hydrogen) atoms. The first-order valence-electron chi connectivity index (χ1n) is 9.28. The fourth-order valence-electron chi connectivity index (χ4n) is 7.36. The van der Waals surface area contributed by atoms with Crippen LogP contribution in [0.4, 0.5) is 5.69 Å². The highest BCUT2D eigenvalue weighted by Gasteiger charge is 2.76. The number of aliphatic hydroxyl groups excluding tert-OH is 1. The standard InChI is InChI=1S/C20H24N2O2/c1-11(23)20-10-22(2)16-8-19(20)13-5-3-4-6-15(13)21-18(19)17-7-14(20)12(16)9-24-17/h3-6,11-12,14,16-17,23H,7-10H2,1-2H3/t11-,12+,14-,16+,17-,19+,20-/m1/s1. The predicted octanol–water partition coefficient (Wildman–Crippen LogP) is 2.13. The van der Waals surface area contributed by atoms with Gasteiger partial charge in [-0.1, -0.05) is 18.2 Å². The number of fused-ring (bicyclic) bond motifs is 4. The molecule has 1 aromatic rings. The Kier molecular flexibility index (Phi) is 2.40. The van der Waals surface area contributed by atoms with E-state index in [0.717, 1.165) is 31.7 Å². The summed E-state index contributed by atoms with van der Waals surface area (Å²) in [5, 5.41) is 11.1. The molecule has 7 rings (SSSR count). The normalized spacial score (nSPS) is 48.9. The van der Waals surface area contributed by atoms with Gasteiger partial charge in [-0.15, -0.1) is 0 Å². The number of piperidine rings is 2. The van der Waals surface area contributed by atoms with Crippen molar-refractivity contribution >= 4 is 11.4 Å². The van der Waals surface area contributed by atoms with Gasteiger partial charge in [-0.3, -0.25) is 4.99 Å². The smallest absolute Gasteiger partial charge is 0.0968 e. The lowest BCUT2D eigenvalue weighted by Gasteiger charge is -2.73. The van der Waals surface area contributed by atoms with Crippen LogP contribution in [-0.2, 0) is 10.2 Å². The van der Waals surface area contributed by atoms with Crippen LogP contribution in [-0.4, -0.2) is 54.2 Å². The maximum atomic E-state index is 11.1. The number of ether oxygens (including phenoxy) is 1.